The molecule has 0 bridgehead atoms. The predicted octanol–water partition coefficient (Wildman–Crippen LogP) is -0.0753. The summed E-state index contributed by atoms with van der Waals surface area (Å²) in [6.45, 7) is 6.86. The van der Waals surface area contributed by atoms with Crippen molar-refractivity contribution in [2.24, 2.45) is 11.8 Å². The highest BCUT2D eigenvalue weighted by Crippen LogP contribution is 2.26. The van der Waals surface area contributed by atoms with E-state index in [1.165, 1.54) is 14.1 Å². The Labute approximate surface area is 149 Å². The van der Waals surface area contributed by atoms with Crippen LogP contribution in [0.1, 0.15) is 31.9 Å². The number of amides is 1. The van der Waals surface area contributed by atoms with Crippen LogP contribution in [0.3, 0.4) is 0 Å². The van der Waals surface area contributed by atoms with Crippen molar-refractivity contribution >= 4 is 16.1 Å². The summed E-state index contributed by atoms with van der Waals surface area (Å²) in [5, 5.41) is 6.80. The van der Waals surface area contributed by atoms with Gasteiger partial charge < -0.3 is 4.90 Å². The fourth-order valence-electron chi connectivity index (χ4n) is 3.01. The van der Waals surface area contributed by atoms with E-state index >= 15 is 0 Å². The van der Waals surface area contributed by atoms with Gasteiger partial charge in [-0.05, 0) is 18.8 Å². The third kappa shape index (κ3) is 4.99. The molecule has 0 radical (unpaired) electrons. The zero-order valence-corrected chi connectivity index (χ0v) is 16.3. The van der Waals surface area contributed by atoms with Crippen LogP contribution in [-0.2, 0) is 21.4 Å². The van der Waals surface area contributed by atoms with Gasteiger partial charge in [-0.15, -0.1) is 0 Å². The molecule has 10 heteroatoms. The molecule has 2 atom stereocenters. The summed E-state index contributed by atoms with van der Waals surface area (Å²) in [5.74, 6) is 1.70. The quantitative estimate of drug-likeness (QED) is 0.696. The average Bonchev–Trinajstić information content (AvgIpc) is 3.10. The topological polar surface area (TPSA) is 111 Å². The summed E-state index contributed by atoms with van der Waals surface area (Å²) >= 11 is 0. The maximum absolute atomic E-state index is 12.5. The highest BCUT2D eigenvalue weighted by Gasteiger charge is 2.39. The molecule has 0 saturated carbocycles. The molecule has 2 heterocycles. The van der Waals surface area contributed by atoms with Gasteiger partial charge in [-0.1, -0.05) is 13.8 Å². The van der Waals surface area contributed by atoms with Gasteiger partial charge in [0.25, 0.3) is 10.2 Å². The van der Waals surface area contributed by atoms with Crippen molar-refractivity contribution in [3.63, 3.8) is 0 Å². The number of hydrogen-bond acceptors (Lipinski definition) is 5. The van der Waals surface area contributed by atoms with Crippen molar-refractivity contribution in [3.05, 3.63) is 11.6 Å². The van der Waals surface area contributed by atoms with E-state index < -0.39 is 10.2 Å². The first kappa shape index (κ1) is 19.8. The average molecular weight is 372 g/mol. The molecule has 2 rings (SSSR count). The molecule has 1 saturated heterocycles. The zero-order valence-electron chi connectivity index (χ0n) is 15.5. The lowest BCUT2D eigenvalue weighted by atomic mass is 9.92. The molecule has 25 heavy (non-hydrogen) atoms. The highest BCUT2D eigenvalue weighted by atomic mass is 32.2. The molecule has 0 aromatic carbocycles. The number of aromatic nitrogens is 3. The van der Waals surface area contributed by atoms with E-state index in [0.29, 0.717) is 31.8 Å². The number of carbonyl (C=O) groups is 1. The van der Waals surface area contributed by atoms with Crippen LogP contribution in [0.2, 0.25) is 0 Å². The number of H-pyrrole nitrogens is 1. The molecule has 1 aliphatic rings. The van der Waals surface area contributed by atoms with Crippen molar-refractivity contribution in [1.29, 1.82) is 0 Å². The van der Waals surface area contributed by atoms with Gasteiger partial charge in [-0.25, -0.2) is 4.98 Å². The van der Waals surface area contributed by atoms with Crippen molar-refractivity contribution in [3.8, 4) is 0 Å². The number of carbonyl (C=O) groups excluding carboxylic acids is 1. The number of rotatable bonds is 7. The third-order valence-corrected chi connectivity index (χ3v) is 6.12. The van der Waals surface area contributed by atoms with Gasteiger partial charge in [-0.3, -0.25) is 9.89 Å². The molecule has 0 unspecified atom stereocenters. The Balaban J connectivity index is 1.99. The number of aryl methyl sites for hydroxylation is 2. The molecule has 9 nitrogen and oxygen atoms in total. The van der Waals surface area contributed by atoms with Crippen LogP contribution in [0.4, 0.5) is 0 Å². The summed E-state index contributed by atoms with van der Waals surface area (Å²) in [6, 6.07) is -0.276. The first-order chi connectivity index (χ1) is 11.6. The number of nitrogens with one attached hydrogen (secondary N) is 2. The van der Waals surface area contributed by atoms with Gasteiger partial charge in [-0.2, -0.15) is 22.5 Å². The standard InChI is InChI=1S/C15H28N6O3S/c1-10(2)12-8-21(9-13(12)19-25(23,24)20(4)5)15(22)7-6-14-16-11(3)17-18-14/h10,12-13,19H,6-9H2,1-5H3,(H,16,17,18)/t12-,13+/m0/s1. The molecule has 1 amide bonds. The second-order valence-corrected chi connectivity index (χ2v) is 8.97. The van der Waals surface area contributed by atoms with E-state index in [4.69, 9.17) is 0 Å². The van der Waals surface area contributed by atoms with E-state index in [9.17, 15) is 13.2 Å². The Morgan fingerprint density at radius 2 is 2.08 bits per heavy atom. The molecule has 0 spiro atoms. The molecule has 1 aromatic rings. The first-order valence-corrected chi connectivity index (χ1v) is 9.89. The lowest BCUT2D eigenvalue weighted by Gasteiger charge is -2.24. The molecular weight excluding hydrogens is 344 g/mol. The number of nitrogens with zero attached hydrogens (tertiary/aromatic N) is 4. The van der Waals surface area contributed by atoms with Crippen molar-refractivity contribution in [2.45, 2.75) is 39.7 Å². The maximum atomic E-state index is 12.5. The summed E-state index contributed by atoms with van der Waals surface area (Å²) in [5.41, 5.74) is 0. The van der Waals surface area contributed by atoms with Gasteiger partial charge in [0.1, 0.15) is 5.82 Å². The normalized spacial score (nSPS) is 21.5. The smallest absolute Gasteiger partial charge is 0.279 e. The van der Waals surface area contributed by atoms with Gasteiger partial charge in [0.2, 0.25) is 5.91 Å². The van der Waals surface area contributed by atoms with Gasteiger partial charge in [0.15, 0.2) is 5.82 Å². The Morgan fingerprint density at radius 1 is 1.40 bits per heavy atom. The molecule has 1 aromatic heterocycles. The summed E-state index contributed by atoms with van der Waals surface area (Å²) in [6.07, 6.45) is 0.787. The molecule has 1 aliphatic heterocycles. The number of likely N-dealkylation sites (tertiary alicyclic amines) is 1. The Bertz CT molecular complexity index is 700. The minimum atomic E-state index is -3.53. The van der Waals surface area contributed by atoms with Crippen LogP contribution in [0.25, 0.3) is 0 Å². The van der Waals surface area contributed by atoms with Crippen molar-refractivity contribution < 1.29 is 13.2 Å². The molecule has 142 valence electrons. The van der Waals surface area contributed by atoms with Crippen molar-refractivity contribution in [2.75, 3.05) is 27.2 Å². The minimum absolute atomic E-state index is 0.000320. The fourth-order valence-corrected chi connectivity index (χ4v) is 3.85. The zero-order chi connectivity index (χ0) is 18.8. The van der Waals surface area contributed by atoms with E-state index in [1.54, 1.807) is 4.90 Å². The van der Waals surface area contributed by atoms with Crippen LogP contribution in [0.15, 0.2) is 0 Å². The maximum Gasteiger partial charge on any atom is 0.279 e. The predicted molar refractivity (Wildman–Crippen MR) is 93.9 cm³/mol. The van der Waals surface area contributed by atoms with Gasteiger partial charge in [0, 0.05) is 46.1 Å². The molecule has 2 N–H and O–H groups in total. The van der Waals surface area contributed by atoms with E-state index in [0.717, 1.165) is 10.1 Å². The second-order valence-electron chi connectivity index (χ2n) is 7.06. The monoisotopic (exact) mass is 372 g/mol. The van der Waals surface area contributed by atoms with E-state index in [1.807, 2.05) is 20.8 Å². The van der Waals surface area contributed by atoms with Crippen molar-refractivity contribution in [1.82, 2.24) is 29.1 Å². The van der Waals surface area contributed by atoms with Gasteiger partial charge >= 0.3 is 0 Å². The molecule has 0 aliphatic carbocycles. The Hall–Kier alpha value is -1.52. The summed E-state index contributed by atoms with van der Waals surface area (Å²) in [7, 11) is -0.549. The Morgan fingerprint density at radius 3 is 2.60 bits per heavy atom. The minimum Gasteiger partial charge on any atom is -0.341 e. The first-order valence-electron chi connectivity index (χ1n) is 8.45. The molecular formula is C15H28N6O3S. The van der Waals surface area contributed by atoms with Crippen LogP contribution < -0.4 is 4.72 Å². The number of hydrogen-bond donors (Lipinski definition) is 2. The largest absolute Gasteiger partial charge is 0.341 e. The molecule has 1 fully saturated rings. The van der Waals surface area contributed by atoms with E-state index in [-0.39, 0.29) is 23.8 Å². The SMILES string of the molecule is Cc1nc(CCC(=O)N2C[C@@H](NS(=O)(=O)N(C)C)[C@H](C(C)C)C2)n[nH]1. The van der Waals surface area contributed by atoms with Crippen LogP contribution in [0.5, 0.6) is 0 Å². The highest BCUT2D eigenvalue weighted by molar-refractivity contribution is 7.87. The third-order valence-electron chi connectivity index (χ3n) is 4.56. The second kappa shape index (κ2) is 7.79. The van der Waals surface area contributed by atoms with Crippen LogP contribution in [0, 0.1) is 18.8 Å². The fraction of sp³-hybridized carbons (Fsp3) is 0.800. The van der Waals surface area contributed by atoms with E-state index in [2.05, 4.69) is 19.9 Å². The lowest BCUT2D eigenvalue weighted by molar-refractivity contribution is -0.130. The van der Waals surface area contributed by atoms with Gasteiger partial charge in [0.05, 0.1) is 0 Å². The summed E-state index contributed by atoms with van der Waals surface area (Å²) < 4.78 is 28.1. The summed E-state index contributed by atoms with van der Waals surface area (Å²) in [4.78, 5) is 18.5. The van der Waals surface area contributed by atoms with Crippen LogP contribution >= 0.6 is 0 Å². The van der Waals surface area contributed by atoms with Crippen LogP contribution in [-0.4, -0.2) is 71.9 Å². The Kier molecular flexibility index (Phi) is 6.17. The lowest BCUT2D eigenvalue weighted by Crippen LogP contribution is -2.46. The number of aromatic amines is 1.